The van der Waals surface area contributed by atoms with Crippen LogP contribution in [0, 0.1) is 0 Å². The highest BCUT2D eigenvalue weighted by molar-refractivity contribution is 5.94. The number of benzene rings is 1. The van der Waals surface area contributed by atoms with E-state index in [9.17, 15) is 4.79 Å². The van der Waals surface area contributed by atoms with Gasteiger partial charge in [-0.3, -0.25) is 4.79 Å². The van der Waals surface area contributed by atoms with E-state index in [1.807, 2.05) is 6.07 Å². The molecule has 92 valence electrons. The molecule has 0 spiro atoms. The van der Waals surface area contributed by atoms with Crippen molar-refractivity contribution in [3.8, 4) is 0 Å². The maximum atomic E-state index is 11.0. The molecule has 1 amide bonds. The van der Waals surface area contributed by atoms with Gasteiger partial charge in [0, 0.05) is 11.1 Å². The molecule has 0 aliphatic heterocycles. The summed E-state index contributed by atoms with van der Waals surface area (Å²) in [6, 6.07) is 5.18. The van der Waals surface area contributed by atoms with Crippen LogP contribution in [0.25, 0.3) is 0 Å². The van der Waals surface area contributed by atoms with Gasteiger partial charge in [0.2, 0.25) is 5.91 Å². The number of nitrogens with one attached hydrogen (secondary N) is 1. The molecular weight excluding hydrogens is 214 g/mol. The van der Waals surface area contributed by atoms with Crippen molar-refractivity contribution in [1.29, 1.82) is 0 Å². The fourth-order valence-corrected chi connectivity index (χ4v) is 2.29. The van der Waals surface area contributed by atoms with Gasteiger partial charge >= 0.3 is 0 Å². The van der Waals surface area contributed by atoms with E-state index in [4.69, 9.17) is 11.5 Å². The highest BCUT2D eigenvalue weighted by Crippen LogP contribution is 2.39. The Kier molecular flexibility index (Phi) is 2.96. The highest BCUT2D eigenvalue weighted by atomic mass is 16.1. The van der Waals surface area contributed by atoms with Crippen molar-refractivity contribution in [1.82, 2.24) is 0 Å². The van der Waals surface area contributed by atoms with Crippen LogP contribution in [0.2, 0.25) is 0 Å². The van der Waals surface area contributed by atoms with Crippen molar-refractivity contribution in [3.63, 3.8) is 0 Å². The molecule has 0 radical (unpaired) electrons. The number of anilines is 2. The standard InChI is InChI=1S/C13H19N3O/c1-2-13(6-3-7-13)16-11-5-4-9(12(15)17)8-10(11)14/h4-5,8,16H,2-3,6-7,14H2,1H3,(H2,15,17). The predicted octanol–water partition coefficient (Wildman–Crippen LogP) is 2.11. The number of primary amides is 1. The first kappa shape index (κ1) is 11.8. The van der Waals surface area contributed by atoms with Crippen LogP contribution in [0.4, 0.5) is 11.4 Å². The molecule has 0 saturated heterocycles. The number of hydrogen-bond donors (Lipinski definition) is 3. The van der Waals surface area contributed by atoms with Gasteiger partial charge in [-0.1, -0.05) is 6.92 Å². The fraction of sp³-hybridized carbons (Fsp3) is 0.462. The van der Waals surface area contributed by atoms with Gasteiger partial charge < -0.3 is 16.8 Å². The monoisotopic (exact) mass is 233 g/mol. The summed E-state index contributed by atoms with van der Waals surface area (Å²) in [4.78, 5) is 11.0. The van der Waals surface area contributed by atoms with Crippen LogP contribution < -0.4 is 16.8 Å². The van der Waals surface area contributed by atoms with Crippen molar-refractivity contribution < 1.29 is 4.79 Å². The van der Waals surface area contributed by atoms with E-state index in [0.717, 1.165) is 12.1 Å². The number of hydrogen-bond acceptors (Lipinski definition) is 3. The minimum Gasteiger partial charge on any atom is -0.397 e. The Morgan fingerprint density at radius 3 is 2.59 bits per heavy atom. The molecule has 0 bridgehead atoms. The zero-order valence-electron chi connectivity index (χ0n) is 10.1. The first-order chi connectivity index (χ1) is 8.06. The molecule has 4 nitrogen and oxygen atoms in total. The number of nitrogen functional groups attached to an aromatic ring is 1. The van der Waals surface area contributed by atoms with Crippen molar-refractivity contribution >= 4 is 17.3 Å². The van der Waals surface area contributed by atoms with Crippen LogP contribution in [0.5, 0.6) is 0 Å². The van der Waals surface area contributed by atoms with E-state index in [0.29, 0.717) is 11.3 Å². The second kappa shape index (κ2) is 4.28. The lowest BCUT2D eigenvalue weighted by Gasteiger charge is -2.43. The van der Waals surface area contributed by atoms with Gasteiger partial charge in [0.1, 0.15) is 0 Å². The van der Waals surface area contributed by atoms with Gasteiger partial charge in [-0.05, 0) is 43.9 Å². The van der Waals surface area contributed by atoms with Crippen molar-refractivity contribution in [2.75, 3.05) is 11.1 Å². The molecule has 1 aromatic carbocycles. The molecule has 1 aliphatic rings. The van der Waals surface area contributed by atoms with Gasteiger partial charge in [-0.15, -0.1) is 0 Å². The van der Waals surface area contributed by atoms with Crippen molar-refractivity contribution in [2.45, 2.75) is 38.1 Å². The Morgan fingerprint density at radius 1 is 1.47 bits per heavy atom. The Balaban J connectivity index is 2.19. The average molecular weight is 233 g/mol. The van der Waals surface area contributed by atoms with Crippen molar-refractivity contribution in [3.05, 3.63) is 23.8 Å². The zero-order chi connectivity index (χ0) is 12.5. The molecule has 1 fully saturated rings. The summed E-state index contributed by atoms with van der Waals surface area (Å²) in [5, 5.41) is 3.50. The maximum absolute atomic E-state index is 11.0. The summed E-state index contributed by atoms with van der Waals surface area (Å²) >= 11 is 0. The van der Waals surface area contributed by atoms with Crippen molar-refractivity contribution in [2.24, 2.45) is 5.73 Å². The number of carbonyl (C=O) groups is 1. The quantitative estimate of drug-likeness (QED) is 0.697. The zero-order valence-corrected chi connectivity index (χ0v) is 10.1. The van der Waals surface area contributed by atoms with Gasteiger partial charge in [-0.25, -0.2) is 0 Å². The normalized spacial score (nSPS) is 17.2. The van der Waals surface area contributed by atoms with Crippen LogP contribution in [-0.4, -0.2) is 11.4 Å². The molecule has 1 saturated carbocycles. The minimum atomic E-state index is -0.447. The highest BCUT2D eigenvalue weighted by Gasteiger charge is 2.35. The molecule has 17 heavy (non-hydrogen) atoms. The largest absolute Gasteiger partial charge is 0.397 e. The summed E-state index contributed by atoms with van der Waals surface area (Å²) in [6.45, 7) is 2.18. The van der Waals surface area contributed by atoms with E-state index in [1.54, 1.807) is 12.1 Å². The lowest BCUT2D eigenvalue weighted by Crippen LogP contribution is -2.44. The van der Waals surface area contributed by atoms with E-state index >= 15 is 0 Å². The molecule has 0 aromatic heterocycles. The first-order valence-electron chi connectivity index (χ1n) is 6.04. The summed E-state index contributed by atoms with van der Waals surface area (Å²) in [6.07, 6.45) is 4.71. The third kappa shape index (κ3) is 2.20. The molecule has 1 aromatic rings. The number of amides is 1. The third-order valence-corrected chi connectivity index (χ3v) is 3.72. The molecule has 1 aliphatic carbocycles. The van der Waals surface area contributed by atoms with Crippen LogP contribution in [0.1, 0.15) is 43.0 Å². The summed E-state index contributed by atoms with van der Waals surface area (Å²) in [5.74, 6) is -0.447. The second-order valence-electron chi connectivity index (χ2n) is 4.78. The van der Waals surface area contributed by atoms with Gasteiger partial charge in [0.05, 0.1) is 11.4 Å². The van der Waals surface area contributed by atoms with Crippen LogP contribution >= 0.6 is 0 Å². The van der Waals surface area contributed by atoms with Crippen LogP contribution in [-0.2, 0) is 0 Å². The van der Waals surface area contributed by atoms with E-state index in [1.165, 1.54) is 19.3 Å². The van der Waals surface area contributed by atoms with E-state index in [-0.39, 0.29) is 5.54 Å². The smallest absolute Gasteiger partial charge is 0.248 e. The lowest BCUT2D eigenvalue weighted by molar-refractivity contribution is 0.100. The second-order valence-corrected chi connectivity index (χ2v) is 4.78. The third-order valence-electron chi connectivity index (χ3n) is 3.72. The maximum Gasteiger partial charge on any atom is 0.248 e. The Bertz CT molecular complexity index is 433. The molecule has 5 N–H and O–H groups in total. The minimum absolute atomic E-state index is 0.197. The van der Waals surface area contributed by atoms with Gasteiger partial charge in [0.25, 0.3) is 0 Å². The molecular formula is C13H19N3O. The van der Waals surface area contributed by atoms with Crippen LogP contribution in [0.3, 0.4) is 0 Å². The molecule has 4 heteroatoms. The van der Waals surface area contributed by atoms with E-state index < -0.39 is 5.91 Å². The van der Waals surface area contributed by atoms with Gasteiger partial charge in [-0.2, -0.15) is 0 Å². The number of rotatable bonds is 4. The average Bonchev–Trinajstić information content (AvgIpc) is 2.25. The molecule has 0 atom stereocenters. The summed E-state index contributed by atoms with van der Waals surface area (Å²) < 4.78 is 0. The summed E-state index contributed by atoms with van der Waals surface area (Å²) in [7, 11) is 0. The first-order valence-corrected chi connectivity index (χ1v) is 6.04. The molecule has 0 unspecified atom stereocenters. The Morgan fingerprint density at radius 2 is 2.18 bits per heavy atom. The Hall–Kier alpha value is -1.71. The Labute approximate surface area is 101 Å². The van der Waals surface area contributed by atoms with Gasteiger partial charge in [0.15, 0.2) is 0 Å². The SMILES string of the molecule is CCC1(Nc2ccc(C(N)=O)cc2N)CCC1. The fourth-order valence-electron chi connectivity index (χ4n) is 2.29. The van der Waals surface area contributed by atoms with Crippen LogP contribution in [0.15, 0.2) is 18.2 Å². The molecule has 0 heterocycles. The lowest BCUT2D eigenvalue weighted by atomic mass is 9.74. The number of nitrogens with two attached hydrogens (primary N) is 2. The summed E-state index contributed by atoms with van der Waals surface area (Å²) in [5.41, 5.74) is 13.3. The predicted molar refractivity (Wildman–Crippen MR) is 69.9 cm³/mol. The topological polar surface area (TPSA) is 81.1 Å². The molecule has 2 rings (SSSR count). The number of carbonyl (C=O) groups excluding carboxylic acids is 1. The van der Waals surface area contributed by atoms with E-state index in [2.05, 4.69) is 12.2 Å².